The summed E-state index contributed by atoms with van der Waals surface area (Å²) < 4.78 is 5.35. The molecule has 0 atom stereocenters. The van der Waals surface area contributed by atoms with E-state index in [1.54, 1.807) is 12.1 Å². The van der Waals surface area contributed by atoms with E-state index < -0.39 is 0 Å². The quantitative estimate of drug-likeness (QED) is 0.597. The molecule has 3 heteroatoms. The van der Waals surface area contributed by atoms with Crippen molar-refractivity contribution in [3.8, 4) is 11.5 Å². The molecule has 0 aromatic heterocycles. The molecular formula is C12H16O3. The number of aromatic hydroxyl groups is 1. The van der Waals surface area contributed by atoms with Crippen molar-refractivity contribution in [2.45, 2.75) is 26.7 Å². The summed E-state index contributed by atoms with van der Waals surface area (Å²) in [6.45, 7) is 4.12. The van der Waals surface area contributed by atoms with Crippen molar-refractivity contribution in [2.24, 2.45) is 0 Å². The largest absolute Gasteiger partial charge is 0.504 e. The molecule has 0 radical (unpaired) electrons. The van der Waals surface area contributed by atoms with Gasteiger partial charge in [0.15, 0.2) is 17.3 Å². The first-order chi connectivity index (χ1) is 7.15. The van der Waals surface area contributed by atoms with Crippen molar-refractivity contribution >= 4 is 5.78 Å². The van der Waals surface area contributed by atoms with Crippen LogP contribution in [0.1, 0.15) is 37.0 Å². The van der Waals surface area contributed by atoms with Crippen LogP contribution in [0.5, 0.6) is 11.5 Å². The van der Waals surface area contributed by atoms with Crippen molar-refractivity contribution < 1.29 is 14.6 Å². The normalized spacial score (nSPS) is 10.0. The highest BCUT2D eigenvalue weighted by Gasteiger charge is 2.05. The maximum Gasteiger partial charge on any atom is 0.160 e. The Balaban J connectivity index is 2.70. The minimum absolute atomic E-state index is 0.0267. The molecule has 1 aromatic rings. The van der Waals surface area contributed by atoms with E-state index in [1.165, 1.54) is 13.0 Å². The first kappa shape index (κ1) is 11.6. The van der Waals surface area contributed by atoms with E-state index in [-0.39, 0.29) is 11.5 Å². The highest BCUT2D eigenvalue weighted by atomic mass is 16.5. The monoisotopic (exact) mass is 208 g/mol. The summed E-state index contributed by atoms with van der Waals surface area (Å²) in [6, 6.07) is 4.72. The molecule has 0 heterocycles. The van der Waals surface area contributed by atoms with Crippen LogP contribution >= 0.6 is 0 Å². The Morgan fingerprint density at radius 3 is 2.73 bits per heavy atom. The van der Waals surface area contributed by atoms with E-state index in [2.05, 4.69) is 6.92 Å². The third-order valence-electron chi connectivity index (χ3n) is 2.12. The van der Waals surface area contributed by atoms with Crippen LogP contribution in [-0.2, 0) is 0 Å². The third kappa shape index (κ3) is 3.27. The SMILES string of the molecule is CCCCOc1ccc(C(C)=O)cc1O. The maximum atomic E-state index is 11.0. The number of ether oxygens (including phenoxy) is 1. The molecule has 0 amide bonds. The van der Waals surface area contributed by atoms with Crippen molar-refractivity contribution in [3.63, 3.8) is 0 Å². The van der Waals surface area contributed by atoms with Crippen LogP contribution in [0.2, 0.25) is 0 Å². The first-order valence-electron chi connectivity index (χ1n) is 5.12. The molecule has 82 valence electrons. The maximum absolute atomic E-state index is 11.0. The summed E-state index contributed by atoms with van der Waals surface area (Å²) >= 11 is 0. The Morgan fingerprint density at radius 2 is 2.20 bits per heavy atom. The number of benzene rings is 1. The van der Waals surface area contributed by atoms with E-state index in [1.807, 2.05) is 0 Å². The molecule has 1 rings (SSSR count). The molecule has 0 aliphatic rings. The Bertz CT molecular complexity index is 345. The Morgan fingerprint density at radius 1 is 1.47 bits per heavy atom. The average Bonchev–Trinajstić information content (AvgIpc) is 2.20. The number of carbonyl (C=O) groups excluding carboxylic acids is 1. The molecule has 15 heavy (non-hydrogen) atoms. The second kappa shape index (κ2) is 5.39. The fourth-order valence-electron chi connectivity index (χ4n) is 1.18. The van der Waals surface area contributed by atoms with Gasteiger partial charge in [0.05, 0.1) is 6.61 Å². The lowest BCUT2D eigenvalue weighted by molar-refractivity contribution is 0.101. The fraction of sp³-hybridized carbons (Fsp3) is 0.417. The number of ketones is 1. The van der Waals surface area contributed by atoms with Gasteiger partial charge >= 0.3 is 0 Å². The minimum Gasteiger partial charge on any atom is -0.504 e. The number of Topliss-reactive ketones (excluding diaryl/α,β-unsaturated/α-hetero) is 1. The number of phenolic OH excluding ortho intramolecular Hbond substituents is 1. The van der Waals surface area contributed by atoms with Gasteiger partial charge in [0.1, 0.15) is 0 Å². The van der Waals surface area contributed by atoms with Crippen molar-refractivity contribution in [1.82, 2.24) is 0 Å². The minimum atomic E-state index is -0.0644. The van der Waals surface area contributed by atoms with Crippen LogP contribution in [0, 0.1) is 0 Å². The van der Waals surface area contributed by atoms with Gasteiger partial charge in [0.2, 0.25) is 0 Å². The summed E-state index contributed by atoms with van der Waals surface area (Å²) in [5, 5.41) is 9.56. The van der Waals surface area contributed by atoms with Crippen LogP contribution in [0.3, 0.4) is 0 Å². The summed E-state index contributed by atoms with van der Waals surface area (Å²) in [6.07, 6.45) is 2.00. The highest BCUT2D eigenvalue weighted by Crippen LogP contribution is 2.27. The standard InChI is InChI=1S/C12H16O3/c1-3-4-7-15-12-6-5-10(9(2)13)8-11(12)14/h5-6,8,14H,3-4,7H2,1-2H3. The van der Waals surface area contributed by atoms with Gasteiger partial charge < -0.3 is 9.84 Å². The molecule has 0 bridgehead atoms. The lowest BCUT2D eigenvalue weighted by Gasteiger charge is -2.07. The van der Waals surface area contributed by atoms with Gasteiger partial charge in [-0.15, -0.1) is 0 Å². The number of hydrogen-bond acceptors (Lipinski definition) is 3. The zero-order chi connectivity index (χ0) is 11.3. The molecule has 0 spiro atoms. The third-order valence-corrected chi connectivity index (χ3v) is 2.12. The van der Waals surface area contributed by atoms with Crippen LogP contribution in [0.15, 0.2) is 18.2 Å². The van der Waals surface area contributed by atoms with Crippen molar-refractivity contribution in [3.05, 3.63) is 23.8 Å². The van der Waals surface area contributed by atoms with Gasteiger partial charge in [-0.2, -0.15) is 0 Å². The van der Waals surface area contributed by atoms with Crippen LogP contribution in [-0.4, -0.2) is 17.5 Å². The topological polar surface area (TPSA) is 46.5 Å². The molecule has 1 aromatic carbocycles. The van der Waals surface area contributed by atoms with Crippen LogP contribution < -0.4 is 4.74 Å². The number of phenols is 1. The van der Waals surface area contributed by atoms with Crippen molar-refractivity contribution in [1.29, 1.82) is 0 Å². The van der Waals surface area contributed by atoms with Gasteiger partial charge in [-0.25, -0.2) is 0 Å². The first-order valence-corrected chi connectivity index (χ1v) is 5.12. The zero-order valence-corrected chi connectivity index (χ0v) is 9.12. The second-order valence-electron chi connectivity index (χ2n) is 3.44. The number of carbonyl (C=O) groups is 1. The molecule has 0 unspecified atom stereocenters. The highest BCUT2D eigenvalue weighted by molar-refractivity contribution is 5.94. The molecule has 0 aliphatic carbocycles. The van der Waals surface area contributed by atoms with E-state index in [9.17, 15) is 9.90 Å². The number of rotatable bonds is 5. The Labute approximate surface area is 89.7 Å². The molecule has 0 saturated heterocycles. The van der Waals surface area contributed by atoms with Crippen LogP contribution in [0.4, 0.5) is 0 Å². The van der Waals surface area contributed by atoms with Gasteiger partial charge in [0, 0.05) is 5.56 Å². The van der Waals surface area contributed by atoms with E-state index in [4.69, 9.17) is 4.74 Å². The molecule has 3 nitrogen and oxygen atoms in total. The molecule has 0 fully saturated rings. The summed E-state index contributed by atoms with van der Waals surface area (Å²) in [7, 11) is 0. The van der Waals surface area contributed by atoms with Gasteiger partial charge in [-0.3, -0.25) is 4.79 Å². The Hall–Kier alpha value is -1.51. The number of hydrogen-bond donors (Lipinski definition) is 1. The summed E-state index contributed by atoms with van der Waals surface area (Å²) in [5.74, 6) is 0.401. The second-order valence-corrected chi connectivity index (χ2v) is 3.44. The lowest BCUT2D eigenvalue weighted by Crippen LogP contribution is -1.98. The van der Waals surface area contributed by atoms with E-state index in [0.29, 0.717) is 17.9 Å². The molecular weight excluding hydrogens is 192 g/mol. The van der Waals surface area contributed by atoms with Gasteiger partial charge in [-0.05, 0) is 31.5 Å². The summed E-state index contributed by atoms with van der Waals surface area (Å²) in [4.78, 5) is 11.0. The van der Waals surface area contributed by atoms with Gasteiger partial charge in [0.25, 0.3) is 0 Å². The molecule has 0 aliphatic heterocycles. The van der Waals surface area contributed by atoms with Crippen molar-refractivity contribution in [2.75, 3.05) is 6.61 Å². The van der Waals surface area contributed by atoms with Crippen LogP contribution in [0.25, 0.3) is 0 Å². The molecule has 1 N–H and O–H groups in total. The zero-order valence-electron chi connectivity index (χ0n) is 9.12. The average molecular weight is 208 g/mol. The number of unbranched alkanes of at least 4 members (excludes halogenated alkanes) is 1. The lowest BCUT2D eigenvalue weighted by atomic mass is 10.1. The van der Waals surface area contributed by atoms with E-state index >= 15 is 0 Å². The molecule has 0 saturated carbocycles. The predicted octanol–water partition coefficient (Wildman–Crippen LogP) is 2.77. The summed E-state index contributed by atoms with van der Waals surface area (Å²) in [5.41, 5.74) is 0.496. The predicted molar refractivity (Wildman–Crippen MR) is 58.5 cm³/mol. The Kier molecular flexibility index (Phi) is 4.16. The fourth-order valence-corrected chi connectivity index (χ4v) is 1.18. The van der Waals surface area contributed by atoms with Gasteiger partial charge in [-0.1, -0.05) is 13.3 Å². The van der Waals surface area contributed by atoms with E-state index in [0.717, 1.165) is 12.8 Å². The smallest absolute Gasteiger partial charge is 0.160 e.